The lowest BCUT2D eigenvalue weighted by atomic mass is 10.0. The number of pyridine rings is 1. The van der Waals surface area contributed by atoms with Crippen LogP contribution in [0, 0.1) is 0 Å². The van der Waals surface area contributed by atoms with Gasteiger partial charge in [-0.05, 0) is 6.07 Å². The van der Waals surface area contributed by atoms with Crippen molar-refractivity contribution in [3.63, 3.8) is 0 Å². The van der Waals surface area contributed by atoms with E-state index >= 15 is 0 Å². The van der Waals surface area contributed by atoms with Crippen LogP contribution >= 0.6 is 0 Å². The molecule has 1 aromatic heterocycles. The first-order chi connectivity index (χ1) is 8.71. The number of aromatic nitrogens is 1. The zero-order valence-corrected chi connectivity index (χ0v) is 10.4. The largest absolute Gasteiger partial charge is 0.416 e. The third-order valence-electron chi connectivity index (χ3n) is 2.98. The summed E-state index contributed by atoms with van der Waals surface area (Å²) in [5, 5.41) is 7.73. The Kier molecular flexibility index (Phi) is 3.31. The van der Waals surface area contributed by atoms with Gasteiger partial charge < -0.3 is 9.84 Å². The average molecular weight is 297 g/mol. The van der Waals surface area contributed by atoms with Crippen molar-refractivity contribution in [1.82, 2.24) is 4.98 Å². The highest BCUT2D eigenvalue weighted by Crippen LogP contribution is 2.44. The van der Waals surface area contributed by atoms with Crippen LogP contribution in [0.4, 0.5) is 13.2 Å². The first-order valence-electron chi connectivity index (χ1n) is 5.16. The van der Waals surface area contributed by atoms with Gasteiger partial charge in [0.05, 0.1) is 4.90 Å². The van der Waals surface area contributed by atoms with Crippen molar-refractivity contribution < 1.29 is 31.4 Å². The second-order valence-electron chi connectivity index (χ2n) is 4.07. The highest BCUT2D eigenvalue weighted by molar-refractivity contribution is 7.92. The minimum absolute atomic E-state index is 0.140. The number of aliphatic hydroxyl groups is 1. The maximum atomic E-state index is 12.8. The Morgan fingerprint density at radius 3 is 2.58 bits per heavy atom. The van der Waals surface area contributed by atoms with E-state index in [2.05, 4.69) is 9.72 Å². The summed E-state index contributed by atoms with van der Waals surface area (Å²) in [6.07, 6.45) is -7.13. The highest BCUT2D eigenvalue weighted by atomic mass is 32.2. The lowest BCUT2D eigenvalue weighted by Gasteiger charge is -2.26. The first kappa shape index (κ1) is 14.2. The summed E-state index contributed by atoms with van der Waals surface area (Å²) in [6, 6.07) is 1.07. The Morgan fingerprint density at radius 2 is 2.11 bits per heavy atom. The van der Waals surface area contributed by atoms with Crippen LogP contribution in [0.15, 0.2) is 23.4 Å². The SMILES string of the molecule is COC(C1C(O)c2cnccc2S1(=O)=O)C(F)(F)F. The number of ether oxygens (including phenoxy) is 1. The van der Waals surface area contributed by atoms with Gasteiger partial charge in [-0.1, -0.05) is 0 Å². The molecule has 3 unspecified atom stereocenters. The molecule has 0 fully saturated rings. The average Bonchev–Trinajstić information content (AvgIpc) is 2.51. The van der Waals surface area contributed by atoms with Gasteiger partial charge in [0.1, 0.15) is 11.4 Å². The Hall–Kier alpha value is -1.19. The molecule has 19 heavy (non-hydrogen) atoms. The lowest BCUT2D eigenvalue weighted by Crippen LogP contribution is -2.46. The molecule has 0 saturated heterocycles. The fourth-order valence-corrected chi connectivity index (χ4v) is 4.27. The summed E-state index contributed by atoms with van der Waals surface area (Å²) in [5.41, 5.74) is -0.140. The molecule has 0 aromatic carbocycles. The second-order valence-corrected chi connectivity index (χ2v) is 6.14. The molecule has 0 saturated carbocycles. The van der Waals surface area contributed by atoms with Crippen molar-refractivity contribution in [3.05, 3.63) is 24.0 Å². The number of sulfone groups is 1. The van der Waals surface area contributed by atoms with Gasteiger partial charge in [-0.15, -0.1) is 0 Å². The van der Waals surface area contributed by atoms with E-state index in [-0.39, 0.29) is 10.5 Å². The highest BCUT2D eigenvalue weighted by Gasteiger charge is 2.57. The molecule has 3 atom stereocenters. The third-order valence-corrected chi connectivity index (χ3v) is 5.19. The van der Waals surface area contributed by atoms with E-state index < -0.39 is 33.5 Å². The minimum atomic E-state index is -4.90. The number of nitrogens with zero attached hydrogens (tertiary/aromatic N) is 1. The van der Waals surface area contributed by atoms with Crippen molar-refractivity contribution in [2.45, 2.75) is 28.5 Å². The molecule has 0 amide bonds. The molecule has 1 N–H and O–H groups in total. The molecular weight excluding hydrogens is 287 g/mol. The van der Waals surface area contributed by atoms with Crippen molar-refractivity contribution in [2.75, 3.05) is 7.11 Å². The van der Waals surface area contributed by atoms with E-state index in [0.717, 1.165) is 25.6 Å². The molecule has 2 rings (SSSR count). The molecular formula is C10H10F3NO4S. The lowest BCUT2D eigenvalue weighted by molar-refractivity contribution is -0.217. The van der Waals surface area contributed by atoms with Gasteiger partial charge in [0.15, 0.2) is 15.9 Å². The molecule has 9 heteroatoms. The maximum Gasteiger partial charge on any atom is 0.416 e. The normalized spacial score (nSPS) is 27.0. The molecule has 1 aliphatic rings. The van der Waals surface area contributed by atoms with Crippen molar-refractivity contribution >= 4 is 9.84 Å². The van der Waals surface area contributed by atoms with Crippen LogP contribution in [0.2, 0.25) is 0 Å². The van der Waals surface area contributed by atoms with Gasteiger partial charge in [0.2, 0.25) is 0 Å². The molecule has 106 valence electrons. The number of hydrogen-bond acceptors (Lipinski definition) is 5. The van der Waals surface area contributed by atoms with Crippen LogP contribution < -0.4 is 0 Å². The summed E-state index contributed by atoms with van der Waals surface area (Å²) >= 11 is 0. The number of methoxy groups -OCH3 is 1. The van der Waals surface area contributed by atoms with Gasteiger partial charge in [-0.2, -0.15) is 13.2 Å². The quantitative estimate of drug-likeness (QED) is 0.875. The van der Waals surface area contributed by atoms with Crippen LogP contribution in [0.5, 0.6) is 0 Å². The molecule has 0 spiro atoms. The number of halogens is 3. The van der Waals surface area contributed by atoms with E-state index in [0.29, 0.717) is 0 Å². The standard InChI is InChI=1S/C10H10F3NO4S/c1-18-9(10(11,12)13)8-7(15)5-4-14-3-2-6(5)19(8,16)17/h2-4,7-9,15H,1H3. The van der Waals surface area contributed by atoms with Crippen molar-refractivity contribution in [3.8, 4) is 0 Å². The minimum Gasteiger partial charge on any atom is -0.387 e. The van der Waals surface area contributed by atoms with Crippen LogP contribution in [-0.2, 0) is 14.6 Å². The number of fused-ring (bicyclic) bond motifs is 1. The zero-order chi connectivity index (χ0) is 14.4. The Morgan fingerprint density at radius 1 is 1.47 bits per heavy atom. The predicted octanol–water partition coefficient (Wildman–Crippen LogP) is 0.848. The van der Waals surface area contributed by atoms with E-state index in [4.69, 9.17) is 0 Å². The summed E-state index contributed by atoms with van der Waals surface area (Å²) in [7, 11) is -3.57. The second kappa shape index (κ2) is 4.43. The van der Waals surface area contributed by atoms with Gasteiger partial charge in [0.25, 0.3) is 0 Å². The van der Waals surface area contributed by atoms with Gasteiger partial charge >= 0.3 is 6.18 Å². The number of alkyl halides is 3. The summed E-state index contributed by atoms with van der Waals surface area (Å²) in [4.78, 5) is 3.27. The van der Waals surface area contributed by atoms with Crippen LogP contribution in [0.25, 0.3) is 0 Å². The van der Waals surface area contributed by atoms with Crippen molar-refractivity contribution in [2.24, 2.45) is 0 Å². The molecule has 2 heterocycles. The molecule has 0 radical (unpaired) electrons. The number of aliphatic hydroxyl groups excluding tert-OH is 1. The van der Waals surface area contributed by atoms with Gasteiger partial charge in [0, 0.05) is 25.1 Å². The Labute approximate surface area is 106 Å². The van der Waals surface area contributed by atoms with Crippen molar-refractivity contribution in [1.29, 1.82) is 0 Å². The van der Waals surface area contributed by atoms with Crippen LogP contribution in [0.1, 0.15) is 11.7 Å². The summed E-state index contributed by atoms with van der Waals surface area (Å²) in [5.74, 6) is 0. The van der Waals surface area contributed by atoms with Gasteiger partial charge in [-0.3, -0.25) is 4.98 Å². The smallest absolute Gasteiger partial charge is 0.387 e. The summed E-state index contributed by atoms with van der Waals surface area (Å²) in [6.45, 7) is 0. The predicted molar refractivity (Wildman–Crippen MR) is 57.0 cm³/mol. The van der Waals surface area contributed by atoms with E-state index in [1.807, 2.05) is 0 Å². The fourth-order valence-electron chi connectivity index (χ4n) is 2.15. The van der Waals surface area contributed by atoms with E-state index in [1.165, 1.54) is 0 Å². The zero-order valence-electron chi connectivity index (χ0n) is 9.63. The summed E-state index contributed by atoms with van der Waals surface area (Å²) < 4.78 is 66.8. The maximum absolute atomic E-state index is 12.8. The monoisotopic (exact) mass is 297 g/mol. The van der Waals surface area contributed by atoms with Gasteiger partial charge in [-0.25, -0.2) is 8.42 Å². The Bertz CT molecular complexity index is 587. The first-order valence-corrected chi connectivity index (χ1v) is 6.71. The topological polar surface area (TPSA) is 76.5 Å². The molecule has 0 bridgehead atoms. The number of rotatable bonds is 2. The number of hydrogen-bond donors (Lipinski definition) is 1. The molecule has 1 aliphatic heterocycles. The van der Waals surface area contributed by atoms with E-state index in [9.17, 15) is 26.7 Å². The molecule has 0 aliphatic carbocycles. The van der Waals surface area contributed by atoms with Crippen LogP contribution in [-0.4, -0.2) is 43.1 Å². The molecule has 5 nitrogen and oxygen atoms in total. The fraction of sp³-hybridized carbons (Fsp3) is 0.500. The van der Waals surface area contributed by atoms with Crippen LogP contribution in [0.3, 0.4) is 0 Å². The molecule has 1 aromatic rings. The van der Waals surface area contributed by atoms with E-state index in [1.54, 1.807) is 0 Å². The third kappa shape index (κ3) is 2.11. The Balaban J connectivity index is 2.57.